The largest absolute Gasteiger partial charge is 0.478 e. The molecule has 98 valence electrons. The smallest absolute Gasteiger partial charge is 0.335 e. The zero-order valence-corrected chi connectivity index (χ0v) is 10.9. The molecule has 1 aromatic carbocycles. The molecule has 0 aliphatic heterocycles. The van der Waals surface area contributed by atoms with Crippen molar-refractivity contribution in [3.8, 4) is 0 Å². The van der Waals surface area contributed by atoms with E-state index in [1.165, 1.54) is 11.8 Å². The Hall–Kier alpha value is -1.82. The summed E-state index contributed by atoms with van der Waals surface area (Å²) in [5.74, 6) is 1.52. The van der Waals surface area contributed by atoms with Gasteiger partial charge in [-0.1, -0.05) is 11.2 Å². The molecule has 1 aromatic heterocycles. The summed E-state index contributed by atoms with van der Waals surface area (Å²) in [6.45, 7) is 0. The molecule has 0 saturated heterocycles. The molecule has 1 N–H and O–H groups in total. The first kappa shape index (κ1) is 12.2. The number of thioether (sulfide) groups is 1. The number of benzene rings is 1. The molecule has 1 aliphatic carbocycles. The van der Waals surface area contributed by atoms with Gasteiger partial charge in [0.05, 0.1) is 11.3 Å². The Bertz CT molecular complexity index is 607. The molecule has 2 aromatic rings. The van der Waals surface area contributed by atoms with E-state index in [0.717, 1.165) is 23.6 Å². The molecule has 5 nitrogen and oxygen atoms in total. The van der Waals surface area contributed by atoms with Gasteiger partial charge in [0.25, 0.3) is 0 Å². The molecule has 0 spiro atoms. The van der Waals surface area contributed by atoms with Crippen LogP contribution in [0.2, 0.25) is 0 Å². The SMILES string of the molecule is O=C(O)c1cccc(SCc2noc(C3CC3)n2)c1. The van der Waals surface area contributed by atoms with Crippen molar-refractivity contribution in [3.63, 3.8) is 0 Å². The molecule has 3 rings (SSSR count). The number of hydrogen-bond acceptors (Lipinski definition) is 5. The van der Waals surface area contributed by atoms with E-state index in [1.807, 2.05) is 6.07 Å². The summed E-state index contributed by atoms with van der Waals surface area (Å²) in [6, 6.07) is 6.83. The predicted octanol–water partition coefficient (Wildman–Crippen LogP) is 2.94. The molecule has 6 heteroatoms. The Morgan fingerprint density at radius 2 is 2.32 bits per heavy atom. The predicted molar refractivity (Wildman–Crippen MR) is 69.2 cm³/mol. The number of carboxylic acids is 1. The second kappa shape index (κ2) is 5.05. The van der Waals surface area contributed by atoms with Crippen LogP contribution in [0.4, 0.5) is 0 Å². The summed E-state index contributed by atoms with van der Waals surface area (Å²) in [6.07, 6.45) is 2.27. The third kappa shape index (κ3) is 2.96. The first-order chi connectivity index (χ1) is 9.22. The molecule has 1 saturated carbocycles. The van der Waals surface area contributed by atoms with E-state index in [4.69, 9.17) is 9.63 Å². The highest BCUT2D eigenvalue weighted by atomic mass is 32.2. The fourth-order valence-corrected chi connectivity index (χ4v) is 2.49. The fourth-order valence-electron chi connectivity index (χ4n) is 1.69. The second-order valence-corrected chi connectivity index (χ2v) is 5.49. The van der Waals surface area contributed by atoms with Gasteiger partial charge in [-0.25, -0.2) is 4.79 Å². The average molecular weight is 276 g/mol. The van der Waals surface area contributed by atoms with Crippen LogP contribution in [0.1, 0.15) is 40.8 Å². The fraction of sp³-hybridized carbons (Fsp3) is 0.308. The van der Waals surface area contributed by atoms with Crippen molar-refractivity contribution in [2.24, 2.45) is 0 Å². The molecule has 0 unspecified atom stereocenters. The van der Waals surface area contributed by atoms with E-state index < -0.39 is 5.97 Å². The minimum absolute atomic E-state index is 0.289. The summed E-state index contributed by atoms with van der Waals surface area (Å²) in [4.78, 5) is 16.1. The van der Waals surface area contributed by atoms with Crippen LogP contribution in [0.25, 0.3) is 0 Å². The molecule has 0 amide bonds. The van der Waals surface area contributed by atoms with E-state index in [-0.39, 0.29) is 5.56 Å². The van der Waals surface area contributed by atoms with Crippen molar-refractivity contribution in [2.75, 3.05) is 0 Å². The van der Waals surface area contributed by atoms with Gasteiger partial charge < -0.3 is 9.63 Å². The number of carbonyl (C=O) groups is 1. The number of carboxylic acid groups (broad SMARTS) is 1. The maximum absolute atomic E-state index is 10.9. The highest BCUT2D eigenvalue weighted by molar-refractivity contribution is 7.98. The molecular formula is C13H12N2O3S. The van der Waals surface area contributed by atoms with E-state index in [2.05, 4.69) is 10.1 Å². The van der Waals surface area contributed by atoms with Gasteiger partial charge in [0.15, 0.2) is 5.82 Å². The lowest BCUT2D eigenvalue weighted by molar-refractivity contribution is 0.0696. The Balaban J connectivity index is 1.64. The van der Waals surface area contributed by atoms with Crippen molar-refractivity contribution < 1.29 is 14.4 Å². The number of hydrogen-bond donors (Lipinski definition) is 1. The van der Waals surface area contributed by atoms with Gasteiger partial charge in [-0.05, 0) is 31.0 Å². The quantitative estimate of drug-likeness (QED) is 0.846. The molecule has 0 atom stereocenters. The Morgan fingerprint density at radius 3 is 3.05 bits per heavy atom. The van der Waals surface area contributed by atoms with Gasteiger partial charge in [0.1, 0.15) is 0 Å². The van der Waals surface area contributed by atoms with Crippen LogP contribution >= 0.6 is 11.8 Å². The maximum atomic E-state index is 10.9. The number of aromatic carboxylic acids is 1. The lowest BCUT2D eigenvalue weighted by atomic mass is 10.2. The van der Waals surface area contributed by atoms with E-state index >= 15 is 0 Å². The van der Waals surface area contributed by atoms with Gasteiger partial charge in [-0.3, -0.25) is 0 Å². The molecule has 1 aliphatic rings. The first-order valence-corrected chi connectivity index (χ1v) is 6.99. The Morgan fingerprint density at radius 1 is 1.47 bits per heavy atom. The van der Waals surface area contributed by atoms with Gasteiger partial charge in [0, 0.05) is 10.8 Å². The molecular weight excluding hydrogens is 264 g/mol. The summed E-state index contributed by atoms with van der Waals surface area (Å²) in [7, 11) is 0. The number of rotatable bonds is 5. The average Bonchev–Trinajstić information content (AvgIpc) is 3.16. The molecule has 1 heterocycles. The van der Waals surface area contributed by atoms with Crippen LogP contribution in [0.15, 0.2) is 33.7 Å². The van der Waals surface area contributed by atoms with Crippen molar-refractivity contribution >= 4 is 17.7 Å². The van der Waals surface area contributed by atoms with Crippen LogP contribution in [0, 0.1) is 0 Å². The van der Waals surface area contributed by atoms with Crippen molar-refractivity contribution in [2.45, 2.75) is 29.4 Å². The van der Waals surface area contributed by atoms with Crippen LogP contribution in [0.5, 0.6) is 0 Å². The monoisotopic (exact) mass is 276 g/mol. The van der Waals surface area contributed by atoms with Gasteiger partial charge in [-0.15, -0.1) is 11.8 Å². The normalized spacial score (nSPS) is 14.5. The lowest BCUT2D eigenvalue weighted by Crippen LogP contribution is -1.95. The van der Waals surface area contributed by atoms with Gasteiger partial charge in [-0.2, -0.15) is 4.98 Å². The maximum Gasteiger partial charge on any atom is 0.335 e. The zero-order chi connectivity index (χ0) is 13.2. The van der Waals surface area contributed by atoms with Crippen LogP contribution in [-0.4, -0.2) is 21.2 Å². The molecule has 19 heavy (non-hydrogen) atoms. The summed E-state index contributed by atoms with van der Waals surface area (Å²) < 4.78 is 5.17. The standard InChI is InChI=1S/C13H12N2O3S/c16-13(17)9-2-1-3-10(6-9)19-7-11-14-12(18-15-11)8-4-5-8/h1-3,6,8H,4-5,7H2,(H,16,17). The van der Waals surface area contributed by atoms with Gasteiger partial charge in [0.2, 0.25) is 5.89 Å². The van der Waals surface area contributed by atoms with Crippen LogP contribution in [0.3, 0.4) is 0 Å². The Labute approximate surface area is 114 Å². The van der Waals surface area contributed by atoms with E-state index in [9.17, 15) is 4.79 Å². The topological polar surface area (TPSA) is 76.2 Å². The Kier molecular flexibility index (Phi) is 3.25. The zero-order valence-electron chi connectivity index (χ0n) is 10.1. The van der Waals surface area contributed by atoms with Crippen LogP contribution < -0.4 is 0 Å². The summed E-state index contributed by atoms with van der Waals surface area (Å²) in [5, 5.41) is 12.8. The lowest BCUT2D eigenvalue weighted by Gasteiger charge is -2.00. The molecule has 1 fully saturated rings. The number of nitrogens with zero attached hydrogens (tertiary/aromatic N) is 2. The summed E-state index contributed by atoms with van der Waals surface area (Å²) >= 11 is 1.50. The van der Waals surface area contributed by atoms with Crippen LogP contribution in [-0.2, 0) is 5.75 Å². The third-order valence-corrected chi connectivity index (χ3v) is 3.85. The minimum atomic E-state index is -0.918. The first-order valence-electron chi connectivity index (χ1n) is 6.01. The molecule has 0 bridgehead atoms. The highest BCUT2D eigenvalue weighted by Crippen LogP contribution is 2.39. The van der Waals surface area contributed by atoms with E-state index in [0.29, 0.717) is 17.5 Å². The summed E-state index contributed by atoms with van der Waals surface area (Å²) in [5.41, 5.74) is 0.289. The second-order valence-electron chi connectivity index (χ2n) is 4.44. The van der Waals surface area contributed by atoms with Crippen molar-refractivity contribution in [1.29, 1.82) is 0 Å². The number of aromatic nitrogens is 2. The third-order valence-electron chi connectivity index (χ3n) is 2.86. The van der Waals surface area contributed by atoms with Crippen molar-refractivity contribution in [1.82, 2.24) is 10.1 Å². The molecule has 0 radical (unpaired) electrons. The van der Waals surface area contributed by atoms with Gasteiger partial charge >= 0.3 is 5.97 Å². The minimum Gasteiger partial charge on any atom is -0.478 e. The van der Waals surface area contributed by atoms with Crippen molar-refractivity contribution in [3.05, 3.63) is 41.5 Å². The van der Waals surface area contributed by atoms with E-state index in [1.54, 1.807) is 18.2 Å². The highest BCUT2D eigenvalue weighted by Gasteiger charge is 2.29.